The highest BCUT2D eigenvalue weighted by Crippen LogP contribution is 2.39. The molecule has 9 heteroatoms. The Bertz CT molecular complexity index is 1490. The van der Waals surface area contributed by atoms with Crippen molar-refractivity contribution in [1.29, 1.82) is 0 Å². The van der Waals surface area contributed by atoms with Gasteiger partial charge in [0.15, 0.2) is 0 Å². The number of H-pyrrole nitrogens is 1. The highest BCUT2D eigenvalue weighted by molar-refractivity contribution is 7.99. The van der Waals surface area contributed by atoms with Gasteiger partial charge in [0.25, 0.3) is 6.17 Å². The molecule has 0 bridgehead atoms. The SMILES string of the molecule is CCSc1n[n+]2c(c(=O)[nH]1)-c1ccccc1N(C(C)=O)[C@@H]2c1cn(C(C)=O)c2ccccc12. The smallest absolute Gasteiger partial charge is 0.291 e. The van der Waals surface area contributed by atoms with E-state index < -0.39 is 6.17 Å². The summed E-state index contributed by atoms with van der Waals surface area (Å²) in [5.41, 5.74) is 2.78. The second-order valence-electron chi connectivity index (χ2n) is 7.76. The molecular weight excluding hydrogens is 438 g/mol. The Hall–Kier alpha value is -3.72. The number of hydrogen-bond donors (Lipinski definition) is 1. The second kappa shape index (κ2) is 8.00. The van der Waals surface area contributed by atoms with E-state index in [0.717, 1.165) is 16.7 Å². The fourth-order valence-corrected chi connectivity index (χ4v) is 5.05. The lowest BCUT2D eigenvalue weighted by atomic mass is 10.0. The van der Waals surface area contributed by atoms with Crippen molar-refractivity contribution in [3.63, 3.8) is 0 Å². The summed E-state index contributed by atoms with van der Waals surface area (Å²) in [6.07, 6.45) is 1.00. The van der Waals surface area contributed by atoms with Crippen molar-refractivity contribution in [2.24, 2.45) is 0 Å². The molecule has 3 heterocycles. The standard InChI is InChI=1S/C24H21N5O3S/c1-4-33-24-25-22(32)21-17-10-6-8-12-20(17)28(15(3)31)23(29(21)26-24)18-13-27(14(2)30)19-11-7-5-9-16(18)19/h5-13,23H,4H2,1-3H3/p+1/t23-/m0/s1. The van der Waals surface area contributed by atoms with Crippen LogP contribution in [0.4, 0.5) is 5.69 Å². The molecule has 1 N–H and O–H groups in total. The number of para-hydroxylation sites is 2. The average molecular weight is 461 g/mol. The Balaban J connectivity index is 1.90. The van der Waals surface area contributed by atoms with Crippen molar-refractivity contribution in [3.05, 3.63) is 70.6 Å². The molecule has 0 unspecified atom stereocenters. The van der Waals surface area contributed by atoms with E-state index in [1.807, 2.05) is 55.5 Å². The second-order valence-corrected chi connectivity index (χ2v) is 9.01. The minimum Gasteiger partial charge on any atom is -0.291 e. The molecule has 4 aromatic rings. The summed E-state index contributed by atoms with van der Waals surface area (Å²) >= 11 is 1.41. The Morgan fingerprint density at radius 1 is 1.09 bits per heavy atom. The third-order valence-electron chi connectivity index (χ3n) is 5.74. The fourth-order valence-electron chi connectivity index (χ4n) is 4.47. The van der Waals surface area contributed by atoms with Crippen molar-refractivity contribution < 1.29 is 14.3 Å². The van der Waals surface area contributed by atoms with Gasteiger partial charge < -0.3 is 0 Å². The van der Waals surface area contributed by atoms with Gasteiger partial charge in [-0.1, -0.05) is 49.0 Å². The predicted octanol–water partition coefficient (Wildman–Crippen LogP) is 3.36. The molecule has 2 aromatic carbocycles. The first-order valence-corrected chi connectivity index (χ1v) is 11.6. The van der Waals surface area contributed by atoms with Crippen molar-refractivity contribution in [3.8, 4) is 11.3 Å². The topological polar surface area (TPSA) is 91.9 Å². The predicted molar refractivity (Wildman–Crippen MR) is 126 cm³/mol. The number of benzene rings is 2. The number of nitrogens with one attached hydrogen (secondary N) is 1. The highest BCUT2D eigenvalue weighted by atomic mass is 32.2. The number of nitrogens with zero attached hydrogens (tertiary/aromatic N) is 4. The summed E-state index contributed by atoms with van der Waals surface area (Å²) in [4.78, 5) is 43.2. The van der Waals surface area contributed by atoms with Crippen LogP contribution in [0.15, 0.2) is 64.7 Å². The molecule has 0 saturated carbocycles. The van der Waals surface area contributed by atoms with Gasteiger partial charge >= 0.3 is 11.3 Å². The molecule has 0 fully saturated rings. The van der Waals surface area contributed by atoms with Gasteiger partial charge in [0, 0.05) is 30.5 Å². The number of aromatic nitrogens is 4. The van der Waals surface area contributed by atoms with Crippen LogP contribution in [-0.2, 0) is 4.79 Å². The number of thioether (sulfide) groups is 1. The van der Waals surface area contributed by atoms with Crippen LogP contribution in [0.5, 0.6) is 0 Å². The van der Waals surface area contributed by atoms with Crippen LogP contribution in [0, 0.1) is 0 Å². The van der Waals surface area contributed by atoms with E-state index in [2.05, 4.69) is 4.98 Å². The number of fused-ring (bicyclic) bond motifs is 4. The van der Waals surface area contributed by atoms with E-state index in [1.54, 1.807) is 20.3 Å². The molecular formula is C24H22N5O3S+. The van der Waals surface area contributed by atoms with E-state index in [1.165, 1.54) is 25.6 Å². The molecule has 1 atom stereocenters. The van der Waals surface area contributed by atoms with Crippen LogP contribution >= 0.6 is 11.8 Å². The number of carbonyl (C=O) groups is 2. The van der Waals surface area contributed by atoms with E-state index >= 15 is 0 Å². The molecule has 1 aliphatic rings. The van der Waals surface area contributed by atoms with Gasteiger partial charge in [-0.05, 0) is 28.6 Å². The van der Waals surface area contributed by atoms with Gasteiger partial charge in [0.05, 0.1) is 22.3 Å². The molecule has 1 aliphatic heterocycles. The maximum Gasteiger partial charge on any atom is 0.325 e. The van der Waals surface area contributed by atoms with Gasteiger partial charge in [-0.3, -0.25) is 23.9 Å². The molecule has 0 radical (unpaired) electrons. The third-order valence-corrected chi connectivity index (χ3v) is 6.48. The van der Waals surface area contributed by atoms with Crippen LogP contribution < -0.4 is 15.1 Å². The zero-order valence-electron chi connectivity index (χ0n) is 18.4. The molecule has 1 amide bonds. The van der Waals surface area contributed by atoms with E-state index in [4.69, 9.17) is 5.10 Å². The van der Waals surface area contributed by atoms with Crippen LogP contribution in [0.3, 0.4) is 0 Å². The number of rotatable bonds is 3. The molecule has 0 saturated heterocycles. The highest BCUT2D eigenvalue weighted by Gasteiger charge is 2.46. The van der Waals surface area contributed by atoms with Crippen molar-refractivity contribution >= 4 is 40.2 Å². The van der Waals surface area contributed by atoms with Crippen LogP contribution in [0.2, 0.25) is 0 Å². The molecule has 0 aliphatic carbocycles. The van der Waals surface area contributed by atoms with E-state index in [-0.39, 0.29) is 17.4 Å². The monoisotopic (exact) mass is 460 g/mol. The largest absolute Gasteiger partial charge is 0.325 e. The van der Waals surface area contributed by atoms with Gasteiger partial charge in [0.1, 0.15) is 0 Å². The summed E-state index contributed by atoms with van der Waals surface area (Å²) < 4.78 is 3.19. The summed E-state index contributed by atoms with van der Waals surface area (Å²) in [7, 11) is 0. The number of amides is 1. The summed E-state index contributed by atoms with van der Waals surface area (Å²) in [6.45, 7) is 4.97. The maximum atomic E-state index is 13.3. The molecule has 5 rings (SSSR count). The normalized spacial score (nSPS) is 14.8. The molecule has 33 heavy (non-hydrogen) atoms. The van der Waals surface area contributed by atoms with Gasteiger partial charge in [-0.2, -0.15) is 0 Å². The van der Waals surface area contributed by atoms with Crippen molar-refractivity contribution in [2.45, 2.75) is 32.1 Å². The Morgan fingerprint density at radius 3 is 2.55 bits per heavy atom. The summed E-state index contributed by atoms with van der Waals surface area (Å²) in [5, 5.41) is 6.03. The quantitative estimate of drug-likeness (QED) is 0.374. The third kappa shape index (κ3) is 3.27. The first-order valence-electron chi connectivity index (χ1n) is 10.6. The lowest BCUT2D eigenvalue weighted by Gasteiger charge is -2.31. The van der Waals surface area contributed by atoms with Crippen LogP contribution in [-0.4, -0.2) is 32.2 Å². The summed E-state index contributed by atoms with van der Waals surface area (Å²) in [6, 6.07) is 14.8. The lowest BCUT2D eigenvalue weighted by Crippen LogP contribution is -2.60. The van der Waals surface area contributed by atoms with E-state index in [9.17, 15) is 14.4 Å². The molecule has 2 aromatic heterocycles. The Labute approximate surface area is 193 Å². The summed E-state index contributed by atoms with van der Waals surface area (Å²) in [5.74, 6) is 0.384. The minimum atomic E-state index is -0.739. The minimum absolute atomic E-state index is 0.144. The van der Waals surface area contributed by atoms with Gasteiger partial charge in [-0.15, -0.1) is 0 Å². The number of carbonyl (C=O) groups excluding carboxylic acids is 2. The van der Waals surface area contributed by atoms with Crippen LogP contribution in [0.1, 0.15) is 37.3 Å². The zero-order valence-corrected chi connectivity index (χ0v) is 19.2. The molecule has 0 spiro atoms. The zero-order chi connectivity index (χ0) is 23.3. The van der Waals surface area contributed by atoms with Crippen LogP contribution in [0.25, 0.3) is 22.2 Å². The number of anilines is 1. The molecule has 166 valence electrons. The first-order chi connectivity index (χ1) is 15.9. The van der Waals surface area contributed by atoms with Gasteiger partial charge in [0.2, 0.25) is 17.0 Å². The van der Waals surface area contributed by atoms with Gasteiger partial charge in [-0.25, -0.2) is 4.90 Å². The average Bonchev–Trinajstić information content (AvgIpc) is 3.17. The fraction of sp³-hybridized carbons (Fsp3) is 0.208. The maximum absolute atomic E-state index is 13.3. The van der Waals surface area contributed by atoms with E-state index in [0.29, 0.717) is 27.7 Å². The Morgan fingerprint density at radius 2 is 1.82 bits per heavy atom. The van der Waals surface area contributed by atoms with Crippen molar-refractivity contribution in [1.82, 2.24) is 14.6 Å². The lowest BCUT2D eigenvalue weighted by molar-refractivity contribution is -0.762. The Kier molecular flexibility index (Phi) is 5.13. The molecule has 8 nitrogen and oxygen atoms in total. The first kappa shape index (κ1) is 21.1. The number of hydrogen-bond acceptors (Lipinski definition) is 5. The van der Waals surface area contributed by atoms with Crippen molar-refractivity contribution in [2.75, 3.05) is 10.7 Å². The number of aromatic amines is 1.